The first-order chi connectivity index (χ1) is 11.3. The van der Waals surface area contributed by atoms with Gasteiger partial charge in [-0.25, -0.2) is 4.79 Å². The molecule has 2 amide bonds. The zero-order valence-electron chi connectivity index (χ0n) is 13.2. The van der Waals surface area contributed by atoms with Crippen LogP contribution in [-0.4, -0.2) is 22.0 Å². The standard InChI is InChI=1S/C18H22N4O/c23-18(22-16-8-2-1-3-9-16)21-13-15-7-5-11-20-17(15)14-6-4-10-19-12-14/h4-7,10-12,16H,1-3,8-9,13H2,(H2,21,22,23). The van der Waals surface area contributed by atoms with Crippen LogP contribution in [0, 0.1) is 0 Å². The SMILES string of the molecule is O=C(NCc1cccnc1-c1cccnc1)NC1CCCCC1. The molecule has 0 radical (unpaired) electrons. The molecule has 5 heteroatoms. The van der Waals surface area contributed by atoms with E-state index in [2.05, 4.69) is 20.6 Å². The maximum atomic E-state index is 12.1. The van der Waals surface area contributed by atoms with Crippen molar-refractivity contribution in [2.24, 2.45) is 0 Å². The van der Waals surface area contributed by atoms with E-state index in [0.29, 0.717) is 12.6 Å². The first kappa shape index (κ1) is 15.5. The van der Waals surface area contributed by atoms with E-state index in [1.54, 1.807) is 18.6 Å². The summed E-state index contributed by atoms with van der Waals surface area (Å²) < 4.78 is 0. The lowest BCUT2D eigenvalue weighted by Crippen LogP contribution is -2.42. The predicted octanol–water partition coefficient (Wildman–Crippen LogP) is 3.28. The van der Waals surface area contributed by atoms with Gasteiger partial charge in [0.1, 0.15) is 0 Å². The van der Waals surface area contributed by atoms with Crippen LogP contribution in [0.1, 0.15) is 37.7 Å². The lowest BCUT2D eigenvalue weighted by molar-refractivity contribution is 0.232. The molecule has 0 spiro atoms. The van der Waals surface area contributed by atoms with Crippen LogP contribution in [-0.2, 0) is 6.54 Å². The minimum absolute atomic E-state index is 0.0992. The average Bonchev–Trinajstić information content (AvgIpc) is 2.62. The summed E-state index contributed by atoms with van der Waals surface area (Å²) in [6.07, 6.45) is 11.1. The second-order valence-electron chi connectivity index (χ2n) is 5.91. The Bertz CT molecular complexity index is 638. The molecule has 1 fully saturated rings. The number of hydrogen-bond acceptors (Lipinski definition) is 3. The van der Waals surface area contributed by atoms with E-state index in [9.17, 15) is 4.79 Å². The Kier molecular flexibility index (Phi) is 5.19. The van der Waals surface area contributed by atoms with Gasteiger partial charge in [-0.15, -0.1) is 0 Å². The first-order valence-corrected chi connectivity index (χ1v) is 8.21. The third-order valence-electron chi connectivity index (χ3n) is 4.21. The zero-order chi connectivity index (χ0) is 15.9. The number of amides is 2. The van der Waals surface area contributed by atoms with Crippen LogP contribution < -0.4 is 10.6 Å². The third-order valence-corrected chi connectivity index (χ3v) is 4.21. The number of carbonyl (C=O) groups excluding carboxylic acids is 1. The maximum Gasteiger partial charge on any atom is 0.315 e. The van der Waals surface area contributed by atoms with E-state index >= 15 is 0 Å². The van der Waals surface area contributed by atoms with Gasteiger partial charge in [-0.2, -0.15) is 0 Å². The smallest absolute Gasteiger partial charge is 0.315 e. The fourth-order valence-electron chi connectivity index (χ4n) is 3.00. The zero-order valence-corrected chi connectivity index (χ0v) is 13.2. The van der Waals surface area contributed by atoms with Gasteiger partial charge in [-0.3, -0.25) is 9.97 Å². The fraction of sp³-hybridized carbons (Fsp3) is 0.389. The van der Waals surface area contributed by atoms with Crippen LogP contribution >= 0.6 is 0 Å². The highest BCUT2D eigenvalue weighted by Crippen LogP contribution is 2.20. The van der Waals surface area contributed by atoms with E-state index in [-0.39, 0.29) is 6.03 Å². The van der Waals surface area contributed by atoms with Gasteiger partial charge in [0.2, 0.25) is 0 Å². The highest BCUT2D eigenvalue weighted by Gasteiger charge is 2.15. The Morgan fingerprint density at radius 1 is 1.13 bits per heavy atom. The van der Waals surface area contributed by atoms with Crippen molar-refractivity contribution in [3.8, 4) is 11.3 Å². The van der Waals surface area contributed by atoms with Crippen molar-refractivity contribution in [3.63, 3.8) is 0 Å². The molecule has 0 atom stereocenters. The largest absolute Gasteiger partial charge is 0.335 e. The minimum atomic E-state index is -0.0992. The van der Waals surface area contributed by atoms with Gasteiger partial charge < -0.3 is 10.6 Å². The van der Waals surface area contributed by atoms with Crippen LogP contribution in [0.5, 0.6) is 0 Å². The number of pyridine rings is 2. The summed E-state index contributed by atoms with van der Waals surface area (Å²) in [5.74, 6) is 0. The van der Waals surface area contributed by atoms with Crippen LogP contribution in [0.15, 0.2) is 42.9 Å². The summed E-state index contributed by atoms with van der Waals surface area (Å²) in [5.41, 5.74) is 2.80. The molecule has 0 unspecified atom stereocenters. The summed E-state index contributed by atoms with van der Waals surface area (Å²) >= 11 is 0. The molecule has 2 aromatic heterocycles. The summed E-state index contributed by atoms with van der Waals surface area (Å²) in [6, 6.07) is 7.94. The molecule has 1 aliphatic carbocycles. The van der Waals surface area contributed by atoms with Crippen molar-refractivity contribution < 1.29 is 4.79 Å². The number of nitrogens with zero attached hydrogens (tertiary/aromatic N) is 2. The van der Waals surface area contributed by atoms with Crippen molar-refractivity contribution in [1.29, 1.82) is 0 Å². The van der Waals surface area contributed by atoms with E-state index in [1.807, 2.05) is 24.3 Å². The van der Waals surface area contributed by atoms with Crippen LogP contribution in [0.4, 0.5) is 4.79 Å². The molecule has 0 aromatic carbocycles. The van der Waals surface area contributed by atoms with Crippen molar-refractivity contribution in [1.82, 2.24) is 20.6 Å². The first-order valence-electron chi connectivity index (χ1n) is 8.21. The Morgan fingerprint density at radius 3 is 2.74 bits per heavy atom. The molecule has 2 heterocycles. The van der Waals surface area contributed by atoms with Gasteiger partial charge in [0, 0.05) is 36.7 Å². The van der Waals surface area contributed by atoms with Gasteiger partial charge >= 0.3 is 6.03 Å². The molecule has 23 heavy (non-hydrogen) atoms. The van der Waals surface area contributed by atoms with E-state index in [1.165, 1.54) is 19.3 Å². The predicted molar refractivity (Wildman–Crippen MR) is 89.7 cm³/mol. The van der Waals surface area contributed by atoms with Crippen molar-refractivity contribution in [2.45, 2.75) is 44.7 Å². The number of rotatable bonds is 4. The van der Waals surface area contributed by atoms with Crippen LogP contribution in [0.25, 0.3) is 11.3 Å². The van der Waals surface area contributed by atoms with Crippen molar-refractivity contribution in [2.75, 3.05) is 0 Å². The summed E-state index contributed by atoms with van der Waals surface area (Å²) in [5, 5.41) is 6.01. The van der Waals surface area contributed by atoms with Crippen molar-refractivity contribution in [3.05, 3.63) is 48.4 Å². The minimum Gasteiger partial charge on any atom is -0.335 e. The summed E-state index contributed by atoms with van der Waals surface area (Å²) in [7, 11) is 0. The van der Waals surface area contributed by atoms with E-state index < -0.39 is 0 Å². The Balaban J connectivity index is 1.61. The molecule has 5 nitrogen and oxygen atoms in total. The molecular weight excluding hydrogens is 288 g/mol. The molecule has 2 N–H and O–H groups in total. The number of nitrogens with one attached hydrogen (secondary N) is 2. The molecule has 3 rings (SSSR count). The van der Waals surface area contributed by atoms with E-state index in [4.69, 9.17) is 0 Å². The fourth-order valence-corrected chi connectivity index (χ4v) is 3.00. The molecule has 1 aliphatic rings. The van der Waals surface area contributed by atoms with Crippen molar-refractivity contribution >= 4 is 6.03 Å². The topological polar surface area (TPSA) is 66.9 Å². The highest BCUT2D eigenvalue weighted by atomic mass is 16.2. The number of hydrogen-bond donors (Lipinski definition) is 2. The summed E-state index contributed by atoms with van der Waals surface area (Å²) in [6.45, 7) is 0.455. The molecule has 120 valence electrons. The van der Waals surface area contributed by atoms with Crippen LogP contribution in [0.2, 0.25) is 0 Å². The Hall–Kier alpha value is -2.43. The van der Waals surface area contributed by atoms with Gasteiger partial charge in [0.15, 0.2) is 0 Å². The summed E-state index contributed by atoms with van der Waals surface area (Å²) in [4.78, 5) is 20.6. The Labute approximate surface area is 136 Å². The maximum absolute atomic E-state index is 12.1. The third kappa shape index (κ3) is 4.28. The Morgan fingerprint density at radius 2 is 1.96 bits per heavy atom. The molecule has 0 saturated heterocycles. The quantitative estimate of drug-likeness (QED) is 0.910. The van der Waals surface area contributed by atoms with Crippen LogP contribution in [0.3, 0.4) is 0 Å². The molecule has 2 aromatic rings. The molecule has 1 saturated carbocycles. The van der Waals surface area contributed by atoms with Gasteiger partial charge in [-0.05, 0) is 36.6 Å². The molecule has 0 aliphatic heterocycles. The second-order valence-corrected chi connectivity index (χ2v) is 5.91. The lowest BCUT2D eigenvalue weighted by atomic mass is 9.96. The highest BCUT2D eigenvalue weighted by molar-refractivity contribution is 5.74. The number of urea groups is 1. The average molecular weight is 310 g/mol. The van der Waals surface area contributed by atoms with Gasteiger partial charge in [0.25, 0.3) is 0 Å². The number of carbonyl (C=O) groups is 1. The molecular formula is C18H22N4O. The number of aromatic nitrogens is 2. The second kappa shape index (κ2) is 7.72. The lowest BCUT2D eigenvalue weighted by Gasteiger charge is -2.23. The van der Waals surface area contributed by atoms with Gasteiger partial charge in [-0.1, -0.05) is 25.3 Å². The normalized spacial score (nSPS) is 15.1. The van der Waals surface area contributed by atoms with Gasteiger partial charge in [0.05, 0.1) is 5.69 Å². The molecule has 0 bridgehead atoms. The monoisotopic (exact) mass is 310 g/mol. The van der Waals surface area contributed by atoms with E-state index in [0.717, 1.165) is 29.7 Å².